The first kappa shape index (κ1) is 36.8. The fraction of sp³-hybridized carbons (Fsp3) is 0.654. The highest BCUT2D eigenvalue weighted by molar-refractivity contribution is 5.72. The molecule has 1 saturated heterocycles. The number of hydrogen-bond acceptors (Lipinski definition) is 8. The first-order chi connectivity index (χ1) is 20.2. The summed E-state index contributed by atoms with van der Waals surface area (Å²) in [5, 5.41) is 2.82. The molecular formula is C26H32F9N3O6. The third-order valence-corrected chi connectivity index (χ3v) is 6.24. The fourth-order valence-corrected chi connectivity index (χ4v) is 4.16. The minimum absolute atomic E-state index is 0.0377. The molecule has 0 spiro atoms. The lowest BCUT2D eigenvalue weighted by Crippen LogP contribution is -2.54. The number of para-hydroxylation sites is 1. The summed E-state index contributed by atoms with van der Waals surface area (Å²) in [5.74, 6) is -1.71. The topological polar surface area (TPSA) is 97.4 Å². The number of esters is 2. The van der Waals surface area contributed by atoms with Crippen LogP contribution in [0.4, 0.5) is 50.0 Å². The Hall–Kier alpha value is -3.44. The van der Waals surface area contributed by atoms with E-state index in [2.05, 4.69) is 10.1 Å². The van der Waals surface area contributed by atoms with Crippen molar-refractivity contribution in [3.63, 3.8) is 0 Å². The van der Waals surface area contributed by atoms with Gasteiger partial charge in [0.2, 0.25) is 6.29 Å². The minimum Gasteiger partial charge on any atom is -0.426 e. The van der Waals surface area contributed by atoms with Crippen molar-refractivity contribution in [3.8, 4) is 0 Å². The highest BCUT2D eigenvalue weighted by Gasteiger charge is 2.60. The summed E-state index contributed by atoms with van der Waals surface area (Å²) >= 11 is 0. The van der Waals surface area contributed by atoms with E-state index in [1.165, 1.54) is 31.2 Å². The molecule has 9 nitrogen and oxygen atoms in total. The molecule has 0 radical (unpaired) electrons. The van der Waals surface area contributed by atoms with Crippen LogP contribution in [0.15, 0.2) is 24.3 Å². The summed E-state index contributed by atoms with van der Waals surface area (Å²) in [7, 11) is 0. The lowest BCUT2D eigenvalue weighted by Gasteiger charge is -2.40. The number of carbonyl (C=O) groups is 3. The minimum atomic E-state index is -5.94. The van der Waals surface area contributed by atoms with Gasteiger partial charge in [-0.15, -0.1) is 0 Å². The SMILES string of the molecule is CC(OC(=O)CCCNc1ccccc1C(N1CCN(C(=O)OC(C(F)(F)F)C(F)(F)F)CC1)C(F)(F)F)OC(=O)C(C)C. The second-order valence-corrected chi connectivity index (χ2v) is 10.1. The van der Waals surface area contributed by atoms with E-state index in [-0.39, 0.29) is 30.6 Å². The second-order valence-electron chi connectivity index (χ2n) is 10.1. The Morgan fingerprint density at radius 1 is 0.818 bits per heavy atom. The van der Waals surface area contributed by atoms with Gasteiger partial charge in [0.15, 0.2) is 0 Å². The predicted molar refractivity (Wildman–Crippen MR) is 135 cm³/mol. The maximum atomic E-state index is 14.3. The van der Waals surface area contributed by atoms with E-state index < -0.39 is 87.1 Å². The summed E-state index contributed by atoms with van der Waals surface area (Å²) in [6.07, 6.45) is -24.2. The average molecular weight is 654 g/mol. The predicted octanol–water partition coefficient (Wildman–Crippen LogP) is 5.82. The largest absolute Gasteiger partial charge is 0.434 e. The van der Waals surface area contributed by atoms with Gasteiger partial charge in [-0.25, -0.2) is 4.79 Å². The zero-order valence-electron chi connectivity index (χ0n) is 23.8. The fourth-order valence-electron chi connectivity index (χ4n) is 4.16. The highest BCUT2D eigenvalue weighted by Crippen LogP contribution is 2.41. The first-order valence-electron chi connectivity index (χ1n) is 13.3. The van der Waals surface area contributed by atoms with Crippen LogP contribution in [-0.4, -0.2) is 91.5 Å². The van der Waals surface area contributed by atoms with Gasteiger partial charge in [-0.2, -0.15) is 39.5 Å². The van der Waals surface area contributed by atoms with Crippen LogP contribution in [0.3, 0.4) is 0 Å². The molecule has 0 aliphatic carbocycles. The number of benzene rings is 1. The molecule has 1 aromatic carbocycles. The lowest BCUT2D eigenvalue weighted by molar-refractivity contribution is -0.308. The van der Waals surface area contributed by atoms with Crippen molar-refractivity contribution in [2.75, 3.05) is 38.0 Å². The van der Waals surface area contributed by atoms with Crippen molar-refractivity contribution >= 4 is 23.7 Å². The summed E-state index contributed by atoms with van der Waals surface area (Å²) in [5.41, 5.74) is -0.176. The number of amides is 1. The molecule has 250 valence electrons. The van der Waals surface area contributed by atoms with Crippen LogP contribution in [-0.2, 0) is 23.8 Å². The van der Waals surface area contributed by atoms with Crippen molar-refractivity contribution in [1.82, 2.24) is 9.80 Å². The van der Waals surface area contributed by atoms with Crippen LogP contribution >= 0.6 is 0 Å². The van der Waals surface area contributed by atoms with E-state index in [1.807, 2.05) is 0 Å². The van der Waals surface area contributed by atoms with Gasteiger partial charge in [-0.1, -0.05) is 32.0 Å². The van der Waals surface area contributed by atoms with Gasteiger partial charge < -0.3 is 24.4 Å². The molecule has 44 heavy (non-hydrogen) atoms. The van der Waals surface area contributed by atoms with Gasteiger partial charge in [-0.3, -0.25) is 14.5 Å². The Morgan fingerprint density at radius 3 is 1.91 bits per heavy atom. The number of anilines is 1. The number of hydrogen-bond donors (Lipinski definition) is 1. The van der Waals surface area contributed by atoms with Crippen molar-refractivity contribution in [2.24, 2.45) is 5.92 Å². The van der Waals surface area contributed by atoms with E-state index in [9.17, 15) is 53.9 Å². The van der Waals surface area contributed by atoms with E-state index in [1.54, 1.807) is 13.8 Å². The van der Waals surface area contributed by atoms with E-state index >= 15 is 0 Å². The number of piperazine rings is 1. The molecule has 2 atom stereocenters. The van der Waals surface area contributed by atoms with Crippen molar-refractivity contribution in [2.45, 2.75) is 70.6 Å². The monoisotopic (exact) mass is 653 g/mol. The molecule has 0 bridgehead atoms. The number of nitrogens with zero attached hydrogens (tertiary/aromatic N) is 2. The molecular weight excluding hydrogens is 621 g/mol. The van der Waals surface area contributed by atoms with Crippen molar-refractivity contribution in [1.29, 1.82) is 0 Å². The molecule has 1 fully saturated rings. The Labute approximate surface area is 246 Å². The normalized spacial score (nSPS) is 16.5. The molecule has 18 heteroatoms. The number of halogens is 9. The molecule has 1 aliphatic rings. The quantitative estimate of drug-likeness (QED) is 0.138. The summed E-state index contributed by atoms with van der Waals surface area (Å²) in [6, 6.07) is 3.12. The van der Waals surface area contributed by atoms with Gasteiger partial charge in [0.1, 0.15) is 6.04 Å². The van der Waals surface area contributed by atoms with Crippen LogP contribution < -0.4 is 5.32 Å². The van der Waals surface area contributed by atoms with Gasteiger partial charge in [-0.05, 0) is 12.5 Å². The summed E-state index contributed by atoms with van der Waals surface area (Å²) in [4.78, 5) is 37.0. The van der Waals surface area contributed by atoms with Gasteiger partial charge in [0, 0.05) is 57.3 Å². The van der Waals surface area contributed by atoms with E-state index in [0.29, 0.717) is 4.90 Å². The number of alkyl halides is 9. The number of carbonyl (C=O) groups excluding carboxylic acids is 3. The van der Waals surface area contributed by atoms with Crippen LogP contribution in [0, 0.1) is 5.92 Å². The molecule has 1 aromatic rings. The third-order valence-electron chi connectivity index (χ3n) is 6.24. The van der Waals surface area contributed by atoms with Crippen LogP contribution in [0.5, 0.6) is 0 Å². The number of rotatable bonds is 11. The van der Waals surface area contributed by atoms with Gasteiger partial charge >= 0.3 is 36.6 Å². The first-order valence-corrected chi connectivity index (χ1v) is 13.3. The van der Waals surface area contributed by atoms with Gasteiger partial charge in [0.25, 0.3) is 6.10 Å². The van der Waals surface area contributed by atoms with Crippen LogP contribution in [0.2, 0.25) is 0 Å². The van der Waals surface area contributed by atoms with Crippen LogP contribution in [0.25, 0.3) is 0 Å². The zero-order valence-corrected chi connectivity index (χ0v) is 23.8. The van der Waals surface area contributed by atoms with E-state index in [4.69, 9.17) is 9.47 Å². The summed E-state index contributed by atoms with van der Waals surface area (Å²) in [6.45, 7) is 2.25. The van der Waals surface area contributed by atoms with Crippen molar-refractivity contribution < 1.29 is 68.1 Å². The molecule has 1 aliphatic heterocycles. The third kappa shape index (κ3) is 10.9. The van der Waals surface area contributed by atoms with Crippen molar-refractivity contribution in [3.05, 3.63) is 29.8 Å². The number of ether oxygens (including phenoxy) is 3. The molecule has 2 unspecified atom stereocenters. The number of nitrogens with one attached hydrogen (secondary N) is 1. The molecule has 0 saturated carbocycles. The van der Waals surface area contributed by atoms with Gasteiger partial charge in [0.05, 0.1) is 5.92 Å². The molecule has 0 aromatic heterocycles. The Morgan fingerprint density at radius 2 is 1.39 bits per heavy atom. The zero-order chi connectivity index (χ0) is 33.5. The molecule has 1 heterocycles. The molecule has 2 rings (SSSR count). The molecule has 1 amide bonds. The smallest absolute Gasteiger partial charge is 0.426 e. The average Bonchev–Trinajstić information content (AvgIpc) is 2.88. The maximum absolute atomic E-state index is 14.3. The highest BCUT2D eigenvalue weighted by atomic mass is 19.4. The maximum Gasteiger partial charge on any atom is 0.434 e. The second kappa shape index (κ2) is 15.0. The Bertz CT molecular complexity index is 1110. The standard InChI is InChI=1S/C26H32F9N3O6/c1-15(2)21(40)43-16(3)42-19(39)9-6-10-36-18-8-5-4-7-17(18)20(24(27,28)29)37-11-13-38(14-12-37)23(41)44-22(25(30,31)32)26(33,34)35/h4-5,7-8,15-16,20,22,36H,6,9-14H2,1-3H3. The Kier molecular flexibility index (Phi) is 12.6. The van der Waals surface area contributed by atoms with Crippen LogP contribution in [0.1, 0.15) is 45.2 Å². The molecule has 1 N–H and O–H groups in total. The van der Waals surface area contributed by atoms with E-state index in [0.717, 1.165) is 4.90 Å². The lowest BCUT2D eigenvalue weighted by atomic mass is 10.0. The Balaban J connectivity index is 2.02. The summed E-state index contributed by atoms with van der Waals surface area (Å²) < 4.78 is 133.